The lowest BCUT2D eigenvalue weighted by atomic mass is 9.71. The van der Waals surface area contributed by atoms with Gasteiger partial charge in [-0.25, -0.2) is 4.79 Å². The van der Waals surface area contributed by atoms with Crippen LogP contribution in [0.4, 0.5) is 0 Å². The lowest BCUT2D eigenvalue weighted by Gasteiger charge is -2.56. The van der Waals surface area contributed by atoms with E-state index >= 15 is 0 Å². The SMILES string of the molecule is CC1(C)Cc2cc(Cl)cc(C(=O)OC3CC4CC5C[C@H](C3)N4CC5O)c2O1. The molecule has 1 N–H and O–H groups in total. The van der Waals surface area contributed by atoms with Gasteiger partial charge in [-0.3, -0.25) is 4.90 Å². The van der Waals surface area contributed by atoms with Gasteiger partial charge in [0.15, 0.2) is 0 Å². The van der Waals surface area contributed by atoms with E-state index in [2.05, 4.69) is 4.90 Å². The van der Waals surface area contributed by atoms with Crippen molar-refractivity contribution in [1.29, 1.82) is 0 Å². The van der Waals surface area contributed by atoms with E-state index in [0.29, 0.717) is 34.3 Å². The minimum atomic E-state index is -0.336. The van der Waals surface area contributed by atoms with Crippen LogP contribution in [0, 0.1) is 5.92 Å². The molecule has 0 spiro atoms. The number of carbonyl (C=O) groups is 1. The number of benzene rings is 1. The normalized spacial score (nSPS) is 38.2. The molecule has 6 atom stereocenters. The summed E-state index contributed by atoms with van der Waals surface area (Å²) >= 11 is 6.25. The van der Waals surface area contributed by atoms with Crippen LogP contribution in [-0.4, -0.2) is 52.4 Å². The molecule has 4 bridgehead atoms. The number of aliphatic hydroxyl groups is 1. The van der Waals surface area contributed by atoms with Crippen molar-refractivity contribution in [2.24, 2.45) is 5.92 Å². The average Bonchev–Trinajstić information content (AvgIpc) is 2.87. The van der Waals surface area contributed by atoms with Crippen LogP contribution in [0.15, 0.2) is 12.1 Å². The second-order valence-electron chi connectivity index (χ2n) is 9.28. The van der Waals surface area contributed by atoms with E-state index in [0.717, 1.165) is 44.2 Å². The van der Waals surface area contributed by atoms with Crippen LogP contribution in [0.25, 0.3) is 0 Å². The average molecular weight is 392 g/mol. The molecule has 1 aromatic rings. The quantitative estimate of drug-likeness (QED) is 0.784. The Labute approximate surface area is 164 Å². The highest BCUT2D eigenvalue weighted by atomic mass is 35.5. The zero-order valence-electron chi connectivity index (χ0n) is 15.8. The molecule has 5 unspecified atom stereocenters. The zero-order chi connectivity index (χ0) is 18.9. The molecule has 0 aromatic heterocycles. The number of rotatable bonds is 2. The molecule has 5 nitrogen and oxygen atoms in total. The van der Waals surface area contributed by atoms with Crippen LogP contribution in [-0.2, 0) is 11.2 Å². The van der Waals surface area contributed by atoms with E-state index in [1.54, 1.807) is 6.07 Å². The molecule has 5 aliphatic rings. The van der Waals surface area contributed by atoms with Crippen molar-refractivity contribution < 1.29 is 19.4 Å². The molecule has 0 radical (unpaired) electrons. The van der Waals surface area contributed by atoms with Gasteiger partial charge in [-0.05, 0) is 44.7 Å². The molecule has 1 aromatic carbocycles. The van der Waals surface area contributed by atoms with Crippen LogP contribution in [0.1, 0.15) is 55.5 Å². The Kier molecular flexibility index (Phi) is 4.01. The Hall–Kier alpha value is -1.30. The molecule has 0 amide bonds. The third kappa shape index (κ3) is 3.04. The van der Waals surface area contributed by atoms with Crippen LogP contribution < -0.4 is 4.74 Å². The maximum absolute atomic E-state index is 13.0. The van der Waals surface area contributed by atoms with Crippen molar-refractivity contribution in [1.82, 2.24) is 4.90 Å². The second kappa shape index (κ2) is 6.10. The molecular formula is C21H26ClNO4. The minimum absolute atomic E-state index is 0.0796. The minimum Gasteiger partial charge on any atom is -0.486 e. The molecule has 6 heteroatoms. The van der Waals surface area contributed by atoms with Crippen molar-refractivity contribution >= 4 is 17.6 Å². The topological polar surface area (TPSA) is 59.0 Å². The molecule has 4 saturated heterocycles. The fourth-order valence-electron chi connectivity index (χ4n) is 5.64. The highest BCUT2D eigenvalue weighted by molar-refractivity contribution is 6.31. The molecule has 146 valence electrons. The van der Waals surface area contributed by atoms with E-state index in [4.69, 9.17) is 21.1 Å². The van der Waals surface area contributed by atoms with E-state index < -0.39 is 0 Å². The van der Waals surface area contributed by atoms with Crippen LogP contribution >= 0.6 is 11.6 Å². The van der Waals surface area contributed by atoms with Crippen molar-refractivity contribution in [3.63, 3.8) is 0 Å². The van der Waals surface area contributed by atoms with E-state index in [9.17, 15) is 9.90 Å². The first-order chi connectivity index (χ1) is 12.8. The number of esters is 1. The Morgan fingerprint density at radius 1 is 1.26 bits per heavy atom. The number of halogens is 1. The summed E-state index contributed by atoms with van der Waals surface area (Å²) in [5.41, 5.74) is 1.07. The highest BCUT2D eigenvalue weighted by Crippen LogP contribution is 2.44. The van der Waals surface area contributed by atoms with Gasteiger partial charge < -0.3 is 14.6 Å². The Morgan fingerprint density at radius 2 is 1.96 bits per heavy atom. The number of hydrogen-bond donors (Lipinski definition) is 1. The maximum Gasteiger partial charge on any atom is 0.342 e. The molecule has 4 fully saturated rings. The van der Waals surface area contributed by atoms with Gasteiger partial charge in [0.05, 0.1) is 6.10 Å². The first-order valence-electron chi connectivity index (χ1n) is 9.95. The van der Waals surface area contributed by atoms with Gasteiger partial charge in [-0.2, -0.15) is 0 Å². The molecular weight excluding hydrogens is 366 g/mol. The molecule has 0 saturated carbocycles. The van der Waals surface area contributed by atoms with Crippen LogP contribution in [0.3, 0.4) is 0 Å². The summed E-state index contributed by atoms with van der Waals surface area (Å²) in [6, 6.07) is 4.38. The smallest absolute Gasteiger partial charge is 0.342 e. The predicted molar refractivity (Wildman–Crippen MR) is 101 cm³/mol. The zero-order valence-corrected chi connectivity index (χ0v) is 16.5. The number of aliphatic hydroxyl groups excluding tert-OH is 1. The van der Waals surface area contributed by atoms with E-state index in [1.807, 2.05) is 19.9 Å². The first-order valence-corrected chi connectivity index (χ1v) is 10.3. The van der Waals surface area contributed by atoms with Gasteiger partial charge >= 0.3 is 5.97 Å². The number of ether oxygens (including phenoxy) is 2. The Bertz CT molecular complexity index is 779. The molecule has 5 aliphatic heterocycles. The summed E-state index contributed by atoms with van der Waals surface area (Å²) in [6.07, 6.45) is 4.18. The molecule has 27 heavy (non-hydrogen) atoms. The monoisotopic (exact) mass is 391 g/mol. The van der Waals surface area contributed by atoms with E-state index in [1.165, 1.54) is 0 Å². The van der Waals surface area contributed by atoms with Crippen molar-refractivity contribution in [3.8, 4) is 5.75 Å². The number of piperidine rings is 4. The summed E-state index contributed by atoms with van der Waals surface area (Å²) in [5, 5.41) is 10.7. The molecule has 6 rings (SSSR count). The number of nitrogens with zero attached hydrogens (tertiary/aromatic N) is 1. The van der Waals surface area contributed by atoms with Crippen molar-refractivity contribution in [2.75, 3.05) is 6.54 Å². The number of fused-ring (bicyclic) bond motifs is 2. The summed E-state index contributed by atoms with van der Waals surface area (Å²) < 4.78 is 12.0. The number of carbonyl (C=O) groups excluding carboxylic acids is 1. The van der Waals surface area contributed by atoms with Gasteiger partial charge in [-0.15, -0.1) is 0 Å². The Balaban J connectivity index is 1.33. The number of hydrogen-bond acceptors (Lipinski definition) is 5. The van der Waals surface area contributed by atoms with Gasteiger partial charge in [0.25, 0.3) is 0 Å². The summed E-state index contributed by atoms with van der Waals surface area (Å²) in [4.78, 5) is 15.4. The van der Waals surface area contributed by atoms with Crippen molar-refractivity contribution in [3.05, 3.63) is 28.3 Å². The standard InChI is InChI=1S/C21H26ClNO4/c1-21(2)9-12-3-13(22)6-17(19(12)27-21)20(25)26-16-7-14-4-11-5-15(8-16)23(14)10-18(11)24/h3,6,11,14-16,18,24H,4-5,7-10H2,1-2H3/t11?,14-,15?,16?,18?/m1/s1. The first kappa shape index (κ1) is 17.8. The summed E-state index contributed by atoms with van der Waals surface area (Å²) in [5.74, 6) is 0.696. The van der Waals surface area contributed by atoms with Crippen LogP contribution in [0.2, 0.25) is 5.02 Å². The summed E-state index contributed by atoms with van der Waals surface area (Å²) in [6.45, 7) is 4.79. The fourth-order valence-corrected chi connectivity index (χ4v) is 5.88. The van der Waals surface area contributed by atoms with Gasteiger partial charge in [0.2, 0.25) is 0 Å². The lowest BCUT2D eigenvalue weighted by molar-refractivity contribution is -0.130. The molecule has 0 aliphatic carbocycles. The third-order valence-corrected chi connectivity index (χ3v) is 6.94. The van der Waals surface area contributed by atoms with Gasteiger partial charge in [-0.1, -0.05) is 11.6 Å². The van der Waals surface area contributed by atoms with E-state index in [-0.39, 0.29) is 23.8 Å². The predicted octanol–water partition coefficient (Wildman–Crippen LogP) is 3.20. The Morgan fingerprint density at radius 3 is 2.63 bits per heavy atom. The summed E-state index contributed by atoms with van der Waals surface area (Å²) in [7, 11) is 0. The maximum atomic E-state index is 13.0. The fraction of sp³-hybridized carbons (Fsp3) is 0.667. The second-order valence-corrected chi connectivity index (χ2v) is 9.72. The van der Waals surface area contributed by atoms with Gasteiger partial charge in [0, 0.05) is 48.5 Å². The largest absolute Gasteiger partial charge is 0.486 e. The molecule has 5 heterocycles. The highest BCUT2D eigenvalue weighted by Gasteiger charge is 2.49. The van der Waals surface area contributed by atoms with Crippen LogP contribution in [0.5, 0.6) is 5.75 Å². The van der Waals surface area contributed by atoms with Gasteiger partial charge in [0.1, 0.15) is 23.0 Å². The van der Waals surface area contributed by atoms with Crippen molar-refractivity contribution in [2.45, 2.75) is 75.8 Å². The lowest BCUT2D eigenvalue weighted by Crippen LogP contribution is -2.64. The third-order valence-electron chi connectivity index (χ3n) is 6.72.